The Morgan fingerprint density at radius 3 is 2.35 bits per heavy atom. The number of benzene rings is 2. The number of allylic oxidation sites excluding steroid dienone is 1. The fraction of sp³-hybridized carbons (Fsp3) is 0.419. The summed E-state index contributed by atoms with van der Waals surface area (Å²) in [6.45, 7) is 5.94. The van der Waals surface area contributed by atoms with Gasteiger partial charge in [-0.25, -0.2) is 9.59 Å². The van der Waals surface area contributed by atoms with E-state index in [1.807, 2.05) is 25.1 Å². The van der Waals surface area contributed by atoms with Gasteiger partial charge in [0.25, 0.3) is 0 Å². The first-order valence-electron chi connectivity index (χ1n) is 13.3. The Morgan fingerprint density at radius 2 is 1.70 bits per heavy atom. The van der Waals surface area contributed by atoms with Crippen LogP contribution < -0.4 is 11.5 Å². The lowest BCUT2D eigenvalue weighted by Crippen LogP contribution is -2.24. The van der Waals surface area contributed by atoms with Crippen molar-refractivity contribution in [3.05, 3.63) is 77.9 Å². The summed E-state index contributed by atoms with van der Waals surface area (Å²) in [6.07, 6.45) is 13.9. The number of hydrogen-bond donors (Lipinski definition) is 2. The Bertz CT molecular complexity index is 1050. The fourth-order valence-electron chi connectivity index (χ4n) is 4.71. The van der Waals surface area contributed by atoms with E-state index in [4.69, 9.17) is 20.9 Å². The lowest BCUT2D eigenvalue weighted by molar-refractivity contribution is -0.138. The second kappa shape index (κ2) is 14.3. The lowest BCUT2D eigenvalue weighted by Gasteiger charge is -2.28. The fourth-order valence-corrected chi connectivity index (χ4v) is 4.71. The van der Waals surface area contributed by atoms with Gasteiger partial charge in [0.15, 0.2) is 0 Å². The smallest absolute Gasteiger partial charge is 0.338 e. The van der Waals surface area contributed by atoms with Gasteiger partial charge in [-0.05, 0) is 92.0 Å². The van der Waals surface area contributed by atoms with Crippen molar-refractivity contribution in [2.45, 2.75) is 70.3 Å². The van der Waals surface area contributed by atoms with Crippen molar-refractivity contribution in [2.75, 3.05) is 18.1 Å². The number of ether oxygens (including phenoxy) is 2. The molecule has 1 atom stereocenters. The summed E-state index contributed by atoms with van der Waals surface area (Å²) < 4.78 is 11.1. The molecule has 198 valence electrons. The molecule has 1 aliphatic carbocycles. The molecule has 0 saturated heterocycles. The van der Waals surface area contributed by atoms with E-state index in [1.165, 1.54) is 25.3 Å². The average molecular weight is 505 g/mol. The summed E-state index contributed by atoms with van der Waals surface area (Å²) in [6, 6.07) is 12.4. The minimum Gasteiger partial charge on any atom is -0.462 e. The summed E-state index contributed by atoms with van der Waals surface area (Å²) in [5, 5.41) is 0. The van der Waals surface area contributed by atoms with Gasteiger partial charge in [-0.2, -0.15) is 0 Å². The minimum atomic E-state index is -0.441. The van der Waals surface area contributed by atoms with E-state index in [2.05, 4.69) is 6.58 Å². The molecule has 1 fully saturated rings. The largest absolute Gasteiger partial charge is 0.462 e. The summed E-state index contributed by atoms with van der Waals surface area (Å²) >= 11 is 0. The highest BCUT2D eigenvalue weighted by molar-refractivity contribution is 5.90. The van der Waals surface area contributed by atoms with Gasteiger partial charge in [-0.3, -0.25) is 0 Å². The predicted molar refractivity (Wildman–Crippen MR) is 150 cm³/mol. The monoisotopic (exact) mass is 504 g/mol. The Kier molecular flexibility index (Phi) is 10.8. The number of unbranched alkanes of at least 4 members (excludes halogenated alkanes) is 2. The van der Waals surface area contributed by atoms with Crippen LogP contribution in [0.1, 0.15) is 85.7 Å². The molecular formula is C31H40N2O4. The highest BCUT2D eigenvalue weighted by atomic mass is 16.5. The van der Waals surface area contributed by atoms with E-state index in [0.29, 0.717) is 16.9 Å². The van der Waals surface area contributed by atoms with Gasteiger partial charge in [0.2, 0.25) is 0 Å². The highest BCUT2D eigenvalue weighted by Crippen LogP contribution is 2.30. The molecule has 2 aromatic rings. The second-order valence-electron chi connectivity index (χ2n) is 10.0. The first-order valence-corrected chi connectivity index (χ1v) is 13.3. The van der Waals surface area contributed by atoms with Gasteiger partial charge in [0.05, 0.1) is 12.2 Å². The molecule has 6 nitrogen and oxygen atoms in total. The molecule has 37 heavy (non-hydrogen) atoms. The molecule has 3 rings (SSSR count). The third-order valence-electron chi connectivity index (χ3n) is 6.94. The molecule has 0 aromatic heterocycles. The zero-order chi connectivity index (χ0) is 26.6. The van der Waals surface area contributed by atoms with Crippen molar-refractivity contribution >= 4 is 29.4 Å². The maximum absolute atomic E-state index is 12.6. The zero-order valence-electron chi connectivity index (χ0n) is 21.9. The normalized spacial score (nSPS) is 18.3. The first-order chi connectivity index (χ1) is 17.8. The first kappa shape index (κ1) is 28.0. The van der Waals surface area contributed by atoms with Gasteiger partial charge < -0.3 is 20.9 Å². The Morgan fingerprint density at radius 1 is 1.03 bits per heavy atom. The molecule has 1 unspecified atom stereocenters. The molecule has 0 amide bonds. The summed E-state index contributed by atoms with van der Waals surface area (Å²) in [7, 11) is 0. The van der Waals surface area contributed by atoms with Crippen LogP contribution >= 0.6 is 0 Å². The van der Waals surface area contributed by atoms with Crippen LogP contribution in [-0.4, -0.2) is 24.6 Å². The van der Waals surface area contributed by atoms with Crippen molar-refractivity contribution in [1.29, 1.82) is 0 Å². The number of hydrogen-bond acceptors (Lipinski definition) is 6. The third kappa shape index (κ3) is 9.45. The Labute approximate surface area is 220 Å². The standard InChI is InChI=1S/C31H40N2O4/c1-3-4-5-6-7-23-10-15-29(16-11-23)37-31(35)25-13-8-24(9-14-25)12-17-30(34)36-21-22(2)26-18-27(32)20-28(33)19-26/h3,8-9,12-14,17-20,22-23,29H,1,4-7,10-11,15-16,21,32-33H2,2H3/b17-12+. The number of nitrogens with two attached hydrogens (primary N) is 2. The zero-order valence-corrected chi connectivity index (χ0v) is 21.9. The van der Waals surface area contributed by atoms with Crippen LogP contribution in [0.15, 0.2) is 61.2 Å². The van der Waals surface area contributed by atoms with Crippen LogP contribution in [0.2, 0.25) is 0 Å². The predicted octanol–water partition coefficient (Wildman–Crippen LogP) is 6.67. The number of anilines is 2. The lowest BCUT2D eigenvalue weighted by atomic mass is 9.84. The molecule has 0 spiro atoms. The van der Waals surface area contributed by atoms with E-state index >= 15 is 0 Å². The molecule has 0 heterocycles. The van der Waals surface area contributed by atoms with Crippen LogP contribution in [0.4, 0.5) is 11.4 Å². The van der Waals surface area contributed by atoms with Crippen molar-refractivity contribution in [1.82, 2.24) is 0 Å². The quantitative estimate of drug-likeness (QED) is 0.110. The maximum Gasteiger partial charge on any atom is 0.338 e. The summed E-state index contributed by atoms with van der Waals surface area (Å²) in [4.78, 5) is 24.7. The van der Waals surface area contributed by atoms with Gasteiger partial charge in [0, 0.05) is 23.4 Å². The number of rotatable bonds is 12. The van der Waals surface area contributed by atoms with Crippen LogP contribution in [0.5, 0.6) is 0 Å². The van der Waals surface area contributed by atoms with Gasteiger partial charge in [0.1, 0.15) is 6.10 Å². The van der Waals surface area contributed by atoms with Crippen LogP contribution in [0.3, 0.4) is 0 Å². The molecule has 2 aromatic carbocycles. The number of carbonyl (C=O) groups is 2. The van der Waals surface area contributed by atoms with E-state index in [9.17, 15) is 9.59 Å². The number of carbonyl (C=O) groups excluding carboxylic acids is 2. The van der Waals surface area contributed by atoms with Crippen molar-refractivity contribution in [3.8, 4) is 0 Å². The van der Waals surface area contributed by atoms with Crippen molar-refractivity contribution < 1.29 is 19.1 Å². The molecule has 1 aliphatic rings. The van der Waals surface area contributed by atoms with Gasteiger partial charge in [-0.1, -0.05) is 38.0 Å². The Hall–Kier alpha value is -3.54. The van der Waals surface area contributed by atoms with Crippen LogP contribution in [-0.2, 0) is 14.3 Å². The topological polar surface area (TPSA) is 105 Å². The SMILES string of the molecule is C=CCCCCC1CCC(OC(=O)c2ccc(/C=C/C(=O)OCC(C)c3cc(N)cc(N)c3)cc2)CC1. The van der Waals surface area contributed by atoms with E-state index in [0.717, 1.165) is 49.1 Å². The molecule has 0 radical (unpaired) electrons. The molecule has 0 bridgehead atoms. The summed E-state index contributed by atoms with van der Waals surface area (Å²) in [5.41, 5.74) is 15.1. The van der Waals surface area contributed by atoms with Gasteiger partial charge in [-0.15, -0.1) is 6.58 Å². The van der Waals surface area contributed by atoms with Crippen molar-refractivity contribution in [3.63, 3.8) is 0 Å². The van der Waals surface area contributed by atoms with E-state index < -0.39 is 5.97 Å². The third-order valence-corrected chi connectivity index (χ3v) is 6.94. The number of esters is 2. The van der Waals surface area contributed by atoms with Crippen molar-refractivity contribution in [2.24, 2.45) is 5.92 Å². The minimum absolute atomic E-state index is 0.00238. The molecule has 1 saturated carbocycles. The van der Waals surface area contributed by atoms with Crippen LogP contribution in [0.25, 0.3) is 6.08 Å². The number of nitrogen functional groups attached to an aromatic ring is 2. The van der Waals surface area contributed by atoms with E-state index in [1.54, 1.807) is 36.4 Å². The molecule has 0 aliphatic heterocycles. The molecule has 6 heteroatoms. The molecular weight excluding hydrogens is 464 g/mol. The van der Waals surface area contributed by atoms with E-state index in [-0.39, 0.29) is 24.6 Å². The second-order valence-corrected chi connectivity index (χ2v) is 10.0. The van der Waals surface area contributed by atoms with Gasteiger partial charge >= 0.3 is 11.9 Å². The average Bonchev–Trinajstić information content (AvgIpc) is 2.89. The highest BCUT2D eigenvalue weighted by Gasteiger charge is 2.24. The molecule has 4 N–H and O–H groups in total. The summed E-state index contributed by atoms with van der Waals surface area (Å²) in [5.74, 6) is -0.0217. The maximum atomic E-state index is 12.6. The van der Waals surface area contributed by atoms with Crippen LogP contribution in [0, 0.1) is 5.92 Å². The Balaban J connectivity index is 1.40.